The first kappa shape index (κ1) is 21.6. The van der Waals surface area contributed by atoms with E-state index in [0.29, 0.717) is 22.7 Å². The van der Waals surface area contributed by atoms with Gasteiger partial charge in [0.2, 0.25) is 0 Å². The molecule has 0 saturated heterocycles. The molecule has 32 heavy (non-hydrogen) atoms. The van der Waals surface area contributed by atoms with E-state index in [2.05, 4.69) is 15.7 Å². The summed E-state index contributed by atoms with van der Waals surface area (Å²) in [5.41, 5.74) is 3.26. The van der Waals surface area contributed by atoms with E-state index in [9.17, 15) is 18.0 Å². The summed E-state index contributed by atoms with van der Waals surface area (Å²) in [6.45, 7) is 2.09. The van der Waals surface area contributed by atoms with E-state index < -0.39 is 21.7 Å². The van der Waals surface area contributed by atoms with Crippen molar-refractivity contribution in [1.29, 1.82) is 0 Å². The molecule has 2 aromatic carbocycles. The van der Waals surface area contributed by atoms with Crippen molar-refractivity contribution in [2.75, 3.05) is 12.4 Å². The summed E-state index contributed by atoms with van der Waals surface area (Å²) in [7, 11) is -1.78. The van der Waals surface area contributed by atoms with Gasteiger partial charge in [-0.15, -0.1) is 0 Å². The predicted octanol–water partition coefficient (Wildman–Crippen LogP) is 1.87. The number of hydrogen-bond acceptors (Lipinski definition) is 6. The van der Waals surface area contributed by atoms with Gasteiger partial charge in [-0.1, -0.05) is 29.8 Å². The van der Waals surface area contributed by atoms with E-state index in [0.717, 1.165) is 11.1 Å². The van der Waals surface area contributed by atoms with Gasteiger partial charge < -0.3 is 15.4 Å². The number of nitrogens with zero attached hydrogens (tertiary/aromatic N) is 2. The highest BCUT2D eigenvalue weighted by atomic mass is 32.2. The van der Waals surface area contributed by atoms with Crippen LogP contribution in [-0.4, -0.2) is 37.1 Å². The fraction of sp³-hybridized carbons (Fsp3) is 0.227. The van der Waals surface area contributed by atoms with Crippen LogP contribution < -0.4 is 15.4 Å². The molecule has 0 fully saturated rings. The molecule has 0 saturated carbocycles. The molecule has 1 aromatic heterocycles. The molecule has 0 atom stereocenters. The van der Waals surface area contributed by atoms with Crippen molar-refractivity contribution in [3.05, 3.63) is 70.9 Å². The van der Waals surface area contributed by atoms with Gasteiger partial charge in [-0.05, 0) is 36.8 Å². The van der Waals surface area contributed by atoms with Crippen LogP contribution in [0.5, 0.6) is 5.75 Å². The number of amides is 2. The molecule has 2 amide bonds. The van der Waals surface area contributed by atoms with Crippen LogP contribution in [0.25, 0.3) is 5.69 Å². The van der Waals surface area contributed by atoms with Crippen LogP contribution in [-0.2, 0) is 37.5 Å². The van der Waals surface area contributed by atoms with E-state index >= 15 is 0 Å². The van der Waals surface area contributed by atoms with Gasteiger partial charge >= 0.3 is 11.8 Å². The minimum absolute atomic E-state index is 0.153. The molecule has 4 rings (SSSR count). The Morgan fingerprint density at radius 1 is 1.03 bits per heavy atom. The summed E-state index contributed by atoms with van der Waals surface area (Å²) in [4.78, 5) is 25.0. The van der Waals surface area contributed by atoms with E-state index in [1.807, 2.05) is 31.2 Å². The molecule has 10 heteroatoms. The average molecular weight is 455 g/mol. The summed E-state index contributed by atoms with van der Waals surface area (Å²) in [5, 5.41) is 9.51. The van der Waals surface area contributed by atoms with Crippen molar-refractivity contribution >= 4 is 27.5 Å². The fourth-order valence-corrected chi connectivity index (χ4v) is 4.91. The van der Waals surface area contributed by atoms with Gasteiger partial charge in [0.1, 0.15) is 11.6 Å². The molecule has 166 valence electrons. The molecule has 0 unspecified atom stereocenters. The Labute approximate surface area is 185 Å². The second-order valence-corrected chi connectivity index (χ2v) is 9.60. The highest BCUT2D eigenvalue weighted by Gasteiger charge is 2.33. The zero-order valence-electron chi connectivity index (χ0n) is 17.6. The molecule has 2 N–H and O–H groups in total. The minimum atomic E-state index is -3.34. The molecular weight excluding hydrogens is 432 g/mol. The first-order chi connectivity index (χ1) is 15.3. The van der Waals surface area contributed by atoms with Crippen molar-refractivity contribution in [3.8, 4) is 11.4 Å². The third-order valence-corrected chi connectivity index (χ3v) is 6.56. The maximum Gasteiger partial charge on any atom is 0.314 e. The second-order valence-electron chi connectivity index (χ2n) is 7.54. The van der Waals surface area contributed by atoms with Crippen molar-refractivity contribution in [2.45, 2.75) is 25.0 Å². The Balaban J connectivity index is 1.53. The van der Waals surface area contributed by atoms with Crippen molar-refractivity contribution in [1.82, 2.24) is 15.1 Å². The number of aromatic nitrogens is 2. The number of nitrogens with one attached hydrogen (secondary N) is 2. The third-order valence-electron chi connectivity index (χ3n) is 5.12. The van der Waals surface area contributed by atoms with Gasteiger partial charge in [-0.3, -0.25) is 9.59 Å². The van der Waals surface area contributed by atoms with Crippen LogP contribution in [0.4, 0.5) is 5.82 Å². The number of aryl methyl sites for hydroxylation is 1. The maximum absolute atomic E-state index is 12.6. The van der Waals surface area contributed by atoms with Gasteiger partial charge in [0.25, 0.3) is 0 Å². The average Bonchev–Trinajstić information content (AvgIpc) is 3.25. The molecule has 9 nitrogen and oxygen atoms in total. The van der Waals surface area contributed by atoms with E-state index in [4.69, 9.17) is 4.74 Å². The molecule has 0 aliphatic carbocycles. The smallest absolute Gasteiger partial charge is 0.314 e. The number of carbonyl (C=O) groups excluding carboxylic acids is 2. The summed E-state index contributed by atoms with van der Waals surface area (Å²) in [6, 6.07) is 14.5. The monoisotopic (exact) mass is 454 g/mol. The molecule has 0 bridgehead atoms. The summed E-state index contributed by atoms with van der Waals surface area (Å²) in [5.74, 6) is -1.31. The van der Waals surface area contributed by atoms with Crippen molar-refractivity contribution in [2.24, 2.45) is 0 Å². The molecule has 0 radical (unpaired) electrons. The number of benzene rings is 2. The summed E-state index contributed by atoms with van der Waals surface area (Å²) < 4.78 is 30.7. The molecule has 2 heterocycles. The van der Waals surface area contributed by atoms with Gasteiger partial charge in [0.15, 0.2) is 9.84 Å². The zero-order chi connectivity index (χ0) is 22.9. The quantitative estimate of drug-likeness (QED) is 0.568. The summed E-state index contributed by atoms with van der Waals surface area (Å²) in [6.07, 6.45) is 0. The minimum Gasteiger partial charge on any atom is -0.497 e. The molecule has 0 spiro atoms. The van der Waals surface area contributed by atoms with Gasteiger partial charge in [-0.25, -0.2) is 13.1 Å². The Morgan fingerprint density at radius 2 is 1.72 bits per heavy atom. The number of ether oxygens (including phenoxy) is 1. The summed E-state index contributed by atoms with van der Waals surface area (Å²) >= 11 is 0. The molecule has 3 aromatic rings. The topological polar surface area (TPSA) is 119 Å². The molecule has 1 aliphatic heterocycles. The largest absolute Gasteiger partial charge is 0.497 e. The lowest BCUT2D eigenvalue weighted by molar-refractivity contribution is -0.136. The van der Waals surface area contributed by atoms with E-state index in [1.165, 1.54) is 4.68 Å². The first-order valence-corrected chi connectivity index (χ1v) is 11.7. The third kappa shape index (κ3) is 4.50. The lowest BCUT2D eigenvalue weighted by Crippen LogP contribution is -2.35. The van der Waals surface area contributed by atoms with Crippen LogP contribution >= 0.6 is 0 Å². The Bertz CT molecular complexity index is 1280. The van der Waals surface area contributed by atoms with E-state index in [1.54, 1.807) is 31.4 Å². The van der Waals surface area contributed by atoms with Crippen LogP contribution in [0.2, 0.25) is 0 Å². The number of rotatable bonds is 5. The number of fused-ring (bicyclic) bond motifs is 1. The number of anilines is 1. The number of hydrogen-bond donors (Lipinski definition) is 2. The van der Waals surface area contributed by atoms with Crippen LogP contribution in [0.3, 0.4) is 0 Å². The zero-order valence-corrected chi connectivity index (χ0v) is 18.4. The van der Waals surface area contributed by atoms with Crippen LogP contribution in [0.1, 0.15) is 22.4 Å². The Kier molecular flexibility index (Phi) is 5.70. The Hall–Kier alpha value is -3.66. The van der Waals surface area contributed by atoms with Gasteiger partial charge in [0, 0.05) is 12.1 Å². The van der Waals surface area contributed by atoms with Crippen LogP contribution in [0, 0.1) is 6.92 Å². The standard InChI is InChI=1S/C22H22N4O5S/c1-14-3-7-16(8-4-14)26-20(18-12-32(29,30)13-19(18)25-26)24-22(28)21(27)23-11-15-5-9-17(31-2)10-6-15/h3-10H,11-13H2,1-2H3,(H,23,27)(H,24,28). The molecular formula is C22H22N4O5S. The van der Waals surface area contributed by atoms with Crippen LogP contribution in [0.15, 0.2) is 48.5 Å². The number of sulfone groups is 1. The number of methoxy groups -OCH3 is 1. The maximum atomic E-state index is 12.6. The van der Waals surface area contributed by atoms with Crippen molar-refractivity contribution < 1.29 is 22.7 Å². The van der Waals surface area contributed by atoms with Crippen molar-refractivity contribution in [3.63, 3.8) is 0 Å². The second kappa shape index (κ2) is 8.46. The lowest BCUT2D eigenvalue weighted by Gasteiger charge is -2.11. The predicted molar refractivity (Wildman–Crippen MR) is 118 cm³/mol. The van der Waals surface area contributed by atoms with Gasteiger partial charge in [-0.2, -0.15) is 5.10 Å². The Morgan fingerprint density at radius 3 is 2.38 bits per heavy atom. The fourth-order valence-electron chi connectivity index (χ4n) is 3.41. The SMILES string of the molecule is COc1ccc(CNC(=O)C(=O)Nc2c3c(nn2-c2ccc(C)cc2)CS(=O)(=O)C3)cc1. The normalized spacial score (nSPS) is 13.9. The van der Waals surface area contributed by atoms with Gasteiger partial charge in [0.05, 0.1) is 30.0 Å². The molecule has 1 aliphatic rings. The highest BCUT2D eigenvalue weighted by molar-refractivity contribution is 7.90. The number of carbonyl (C=O) groups is 2. The lowest BCUT2D eigenvalue weighted by atomic mass is 10.2. The highest BCUT2D eigenvalue weighted by Crippen LogP contribution is 2.33. The van der Waals surface area contributed by atoms with E-state index in [-0.39, 0.29) is 23.9 Å². The first-order valence-electron chi connectivity index (χ1n) is 9.86.